The highest BCUT2D eigenvalue weighted by atomic mass is 16.7. The third-order valence-corrected chi connectivity index (χ3v) is 5.31. The van der Waals surface area contributed by atoms with E-state index in [2.05, 4.69) is 0 Å². The van der Waals surface area contributed by atoms with Crippen LogP contribution in [0, 0.1) is 0 Å². The number of benzene rings is 1. The van der Waals surface area contributed by atoms with E-state index in [1.807, 2.05) is 30.3 Å². The Balaban J connectivity index is 1.57. The number of hydrogen-bond acceptors (Lipinski definition) is 8. The molecule has 0 aromatic heterocycles. The summed E-state index contributed by atoms with van der Waals surface area (Å²) < 4.78 is 28.1. The van der Waals surface area contributed by atoms with Crippen LogP contribution in [-0.2, 0) is 44.7 Å². The molecular weight excluding hydrogens is 416 g/mol. The number of esters is 2. The van der Waals surface area contributed by atoms with Crippen molar-refractivity contribution in [1.82, 2.24) is 0 Å². The normalized spacial score (nSPS) is 27.3. The summed E-state index contributed by atoms with van der Waals surface area (Å²) in [4.78, 5) is 34.5. The van der Waals surface area contributed by atoms with Gasteiger partial charge in [0.15, 0.2) is 5.78 Å². The number of carbonyl (C=O) groups excluding carboxylic acids is 3. The van der Waals surface area contributed by atoms with Crippen LogP contribution >= 0.6 is 0 Å². The zero-order valence-electron chi connectivity index (χ0n) is 18.4. The van der Waals surface area contributed by atoms with Gasteiger partial charge in [0.05, 0.1) is 31.5 Å². The summed E-state index contributed by atoms with van der Waals surface area (Å²) in [7, 11) is 0. The van der Waals surface area contributed by atoms with Crippen molar-refractivity contribution >= 4 is 17.7 Å². The molecule has 1 aromatic carbocycles. The minimum absolute atomic E-state index is 0.156. The zero-order valence-corrected chi connectivity index (χ0v) is 18.4. The van der Waals surface area contributed by atoms with Gasteiger partial charge < -0.3 is 23.7 Å². The Hall–Kier alpha value is -2.55. The van der Waals surface area contributed by atoms with Crippen LogP contribution in [0.25, 0.3) is 0 Å². The molecule has 0 N–H and O–H groups in total. The molecule has 0 radical (unpaired) electrons. The largest absolute Gasteiger partial charge is 0.466 e. The molecule has 0 spiro atoms. The lowest BCUT2D eigenvalue weighted by atomic mass is 10.0. The lowest BCUT2D eigenvalue weighted by molar-refractivity contribution is -0.182. The number of ether oxygens (including phenoxy) is 5. The number of ketones is 1. The lowest BCUT2D eigenvalue weighted by Gasteiger charge is -2.26. The Labute approximate surface area is 187 Å². The summed E-state index contributed by atoms with van der Waals surface area (Å²) in [5.41, 5.74) is 1.06. The lowest BCUT2D eigenvalue weighted by Crippen LogP contribution is -2.36. The van der Waals surface area contributed by atoms with Crippen molar-refractivity contribution in [3.05, 3.63) is 48.0 Å². The first kappa shape index (κ1) is 24.1. The molecule has 1 aromatic rings. The summed E-state index contributed by atoms with van der Waals surface area (Å²) in [6.45, 7) is 3.45. The van der Waals surface area contributed by atoms with Crippen molar-refractivity contribution in [1.29, 1.82) is 0 Å². The molecule has 2 unspecified atom stereocenters. The number of hydrogen-bond donors (Lipinski definition) is 0. The Morgan fingerprint density at radius 3 is 2.59 bits per heavy atom. The summed E-state index contributed by atoms with van der Waals surface area (Å²) >= 11 is 0. The second-order valence-electron chi connectivity index (χ2n) is 7.95. The van der Waals surface area contributed by atoms with E-state index in [4.69, 9.17) is 23.7 Å². The van der Waals surface area contributed by atoms with Crippen LogP contribution in [-0.4, -0.2) is 55.0 Å². The van der Waals surface area contributed by atoms with Gasteiger partial charge >= 0.3 is 11.9 Å². The zero-order chi connectivity index (χ0) is 22.9. The second-order valence-corrected chi connectivity index (χ2v) is 7.95. The first-order valence-electron chi connectivity index (χ1n) is 10.9. The van der Waals surface area contributed by atoms with Gasteiger partial charge in [-0.25, -0.2) is 0 Å². The van der Waals surface area contributed by atoms with Crippen LogP contribution in [0.1, 0.15) is 45.1 Å². The van der Waals surface area contributed by atoms with Crippen LogP contribution in [0.5, 0.6) is 0 Å². The van der Waals surface area contributed by atoms with Crippen molar-refractivity contribution in [2.75, 3.05) is 6.61 Å². The maximum atomic E-state index is 12.3. The Bertz CT molecular complexity index is 805. The molecule has 0 amide bonds. The van der Waals surface area contributed by atoms with Gasteiger partial charge in [-0.05, 0) is 30.6 Å². The van der Waals surface area contributed by atoms with Crippen LogP contribution in [0.15, 0.2) is 42.5 Å². The standard InChI is InChI=1S/C24H30O8/c1-16(25)28-12-6-9-21-23(29-15-18-7-4-3-5-8-18)14-19(31-21)13-22-20(27)10-11-24(32-22)30-17(2)26/h3-5,7-8,10-11,19,21-24H,6,9,12-15H2,1-2H3/t19?,21-,22-,23-,24?/m1/s1. The van der Waals surface area contributed by atoms with Crippen LogP contribution in [0.4, 0.5) is 0 Å². The van der Waals surface area contributed by atoms with Crippen LogP contribution in [0.2, 0.25) is 0 Å². The SMILES string of the molecule is CC(=O)OCCC[C@H]1OC(C[C@H]2OC(OC(C)=O)C=CC2=O)C[C@H]1OCc1ccccc1. The van der Waals surface area contributed by atoms with Gasteiger partial charge in [0.2, 0.25) is 6.29 Å². The Morgan fingerprint density at radius 2 is 1.88 bits per heavy atom. The average molecular weight is 446 g/mol. The van der Waals surface area contributed by atoms with E-state index < -0.39 is 18.4 Å². The average Bonchev–Trinajstić information content (AvgIpc) is 3.14. The summed E-state index contributed by atoms with van der Waals surface area (Å²) in [5, 5.41) is 0. The third kappa shape index (κ3) is 7.55. The fourth-order valence-corrected chi connectivity index (χ4v) is 3.86. The van der Waals surface area contributed by atoms with Crippen molar-refractivity contribution in [2.24, 2.45) is 0 Å². The smallest absolute Gasteiger partial charge is 0.305 e. The van der Waals surface area contributed by atoms with Crippen LogP contribution in [0.3, 0.4) is 0 Å². The van der Waals surface area contributed by atoms with E-state index in [0.29, 0.717) is 38.9 Å². The van der Waals surface area contributed by atoms with Crippen molar-refractivity contribution < 1.29 is 38.1 Å². The van der Waals surface area contributed by atoms with Gasteiger partial charge in [-0.15, -0.1) is 0 Å². The molecular formula is C24H30O8. The van der Waals surface area contributed by atoms with Crippen molar-refractivity contribution in [3.8, 4) is 0 Å². The quantitative estimate of drug-likeness (QED) is 0.400. The van der Waals surface area contributed by atoms with Gasteiger partial charge in [-0.3, -0.25) is 14.4 Å². The minimum atomic E-state index is -0.874. The molecule has 1 fully saturated rings. The highest BCUT2D eigenvalue weighted by Crippen LogP contribution is 2.31. The van der Waals surface area contributed by atoms with E-state index in [9.17, 15) is 14.4 Å². The number of carbonyl (C=O) groups is 3. The maximum Gasteiger partial charge on any atom is 0.305 e. The van der Waals surface area contributed by atoms with Crippen molar-refractivity contribution in [2.45, 2.75) is 76.8 Å². The van der Waals surface area contributed by atoms with Gasteiger partial charge in [-0.1, -0.05) is 30.3 Å². The van der Waals surface area contributed by atoms with E-state index in [1.54, 1.807) is 0 Å². The monoisotopic (exact) mass is 446 g/mol. The molecule has 0 saturated carbocycles. The maximum absolute atomic E-state index is 12.3. The van der Waals surface area contributed by atoms with Gasteiger partial charge in [-0.2, -0.15) is 0 Å². The first-order valence-corrected chi connectivity index (χ1v) is 10.9. The third-order valence-electron chi connectivity index (χ3n) is 5.31. The summed E-state index contributed by atoms with van der Waals surface area (Å²) in [6.07, 6.45) is 2.88. The Kier molecular flexibility index (Phi) is 8.96. The van der Waals surface area contributed by atoms with Gasteiger partial charge in [0, 0.05) is 26.7 Å². The molecule has 3 rings (SSSR count). The topological polar surface area (TPSA) is 97.4 Å². The predicted octanol–water partition coefficient (Wildman–Crippen LogP) is 2.88. The predicted molar refractivity (Wildman–Crippen MR) is 113 cm³/mol. The van der Waals surface area contributed by atoms with Gasteiger partial charge in [0.1, 0.15) is 6.10 Å². The summed E-state index contributed by atoms with van der Waals surface area (Å²) in [6, 6.07) is 9.87. The molecule has 2 heterocycles. The number of rotatable bonds is 10. The molecule has 2 aliphatic heterocycles. The minimum Gasteiger partial charge on any atom is -0.466 e. The second kappa shape index (κ2) is 11.9. The highest BCUT2D eigenvalue weighted by molar-refractivity contribution is 5.94. The molecule has 0 bridgehead atoms. The molecule has 0 aliphatic carbocycles. The van der Waals surface area contributed by atoms with E-state index in [1.165, 1.54) is 26.0 Å². The van der Waals surface area contributed by atoms with E-state index >= 15 is 0 Å². The fraction of sp³-hybridized carbons (Fsp3) is 0.542. The first-order chi connectivity index (χ1) is 15.4. The highest BCUT2D eigenvalue weighted by Gasteiger charge is 2.39. The molecule has 174 valence electrons. The van der Waals surface area contributed by atoms with E-state index in [0.717, 1.165) is 5.56 Å². The summed E-state index contributed by atoms with van der Waals surface area (Å²) in [5.74, 6) is -0.973. The van der Waals surface area contributed by atoms with Crippen molar-refractivity contribution in [3.63, 3.8) is 0 Å². The molecule has 8 nitrogen and oxygen atoms in total. The molecule has 5 atom stereocenters. The fourth-order valence-electron chi connectivity index (χ4n) is 3.86. The molecule has 2 aliphatic rings. The Morgan fingerprint density at radius 1 is 1.09 bits per heavy atom. The molecule has 32 heavy (non-hydrogen) atoms. The van der Waals surface area contributed by atoms with Crippen LogP contribution < -0.4 is 0 Å². The molecule has 1 saturated heterocycles. The van der Waals surface area contributed by atoms with E-state index in [-0.39, 0.29) is 30.1 Å². The van der Waals surface area contributed by atoms with Gasteiger partial charge in [0.25, 0.3) is 0 Å². The molecule has 8 heteroatoms.